The van der Waals surface area contributed by atoms with E-state index in [4.69, 9.17) is 4.74 Å². The van der Waals surface area contributed by atoms with Crippen LogP contribution in [0.2, 0.25) is 0 Å². The molecule has 0 fully saturated rings. The molecule has 26 nitrogen and oxygen atoms in total. The van der Waals surface area contributed by atoms with Crippen LogP contribution in [0.15, 0.2) is 87.9 Å². The largest absolute Gasteiger partial charge is 1.00 e. The molecule has 0 saturated heterocycles. The van der Waals surface area contributed by atoms with Crippen molar-refractivity contribution in [3.05, 3.63) is 141 Å². The minimum atomic E-state index is -3.54. The number of aromatic nitrogens is 9. The molecule has 0 aliphatic carbocycles. The number of rotatable bonds is 16. The monoisotopic (exact) mass is 1430 g/mol. The Morgan fingerprint density at radius 1 is 0.455 bits per heavy atom. The number of carbonyl (C=O) groups excluding carboxylic acids is 4. The number of ether oxygens (including phenoxy) is 1. The summed E-state index contributed by atoms with van der Waals surface area (Å²) in [7, 11) is -10.5. The standard InChI is InChI=1S/C25H30N4O5S.2C23H28N4O4S.Li.H2O/c1-14(2)24-22-10-18-9-19(13-34-17(5)31)23(35(6,32)33)11-21(18)28(22)7-8-29(24)25-26-12-20(16(4)30)15(3)27-25;2*1-13(2)22-20-9-16-8-17(12-28)21(32(5,30)31)10-19(16)26(20)6-7-27(22)23-24-11-18(15(4)29)14(3)25-23;;/h9-12,14,24H,7-8,13H2,1-6H3;2*8-11,13,22,28H,6-7,12H2,1-5H3;;1H2/q;;;+1;/p-1/t24-;2*22-;;/m110../s1. The Balaban J connectivity index is 0.000000191. The van der Waals surface area contributed by atoms with Gasteiger partial charge in [-0.2, -0.15) is 0 Å². The number of Topliss-reactive ketones (excluding diaryl/α,β-unsaturated/α-hetero) is 3. The normalized spacial score (nSPS) is 16.0. The number of hydrogen-bond acceptors (Lipinski definition) is 23. The molecule has 3 atom stereocenters. The fourth-order valence-electron chi connectivity index (χ4n) is 14.2. The molecule has 0 saturated carbocycles. The number of nitrogens with zero attached hydrogens (tertiary/aromatic N) is 12. The van der Waals surface area contributed by atoms with E-state index in [0.29, 0.717) is 108 Å². The average Bonchev–Trinajstić information content (AvgIpc) is 1.62. The maximum absolute atomic E-state index is 12.6. The summed E-state index contributed by atoms with van der Waals surface area (Å²) in [4.78, 5) is 81.1. The molecule has 0 unspecified atom stereocenters. The molecule has 3 aliphatic heterocycles. The number of sulfone groups is 3. The van der Waals surface area contributed by atoms with Gasteiger partial charge in [-0.15, -0.1) is 0 Å². The number of carbonyl (C=O) groups is 4. The Morgan fingerprint density at radius 3 is 0.950 bits per heavy atom. The van der Waals surface area contributed by atoms with Crippen LogP contribution in [0, 0.1) is 38.5 Å². The molecule has 0 radical (unpaired) electrons. The Kier molecular flexibility index (Phi) is 23.6. The molecule has 9 heterocycles. The summed E-state index contributed by atoms with van der Waals surface area (Å²) in [6.07, 6.45) is 8.25. The van der Waals surface area contributed by atoms with Crippen molar-refractivity contribution in [3.8, 4) is 0 Å². The summed E-state index contributed by atoms with van der Waals surface area (Å²) in [5.74, 6) is 1.71. The zero-order chi connectivity index (χ0) is 72.4. The number of benzene rings is 3. The van der Waals surface area contributed by atoms with Crippen LogP contribution in [0.5, 0.6) is 0 Å². The number of hydrogen-bond donors (Lipinski definition) is 2. The number of aliphatic hydroxyl groups is 2. The van der Waals surface area contributed by atoms with Crippen LogP contribution in [0.25, 0.3) is 32.7 Å². The zero-order valence-electron chi connectivity index (χ0n) is 60.2. The molecule has 534 valence electrons. The second kappa shape index (κ2) is 30.4. The van der Waals surface area contributed by atoms with E-state index >= 15 is 0 Å². The first-order chi connectivity index (χ1) is 46.4. The van der Waals surface area contributed by atoms with Gasteiger partial charge in [0, 0.05) is 139 Å². The Morgan fingerprint density at radius 2 is 0.723 bits per heavy atom. The molecule has 12 rings (SSSR count). The second-order valence-corrected chi connectivity index (χ2v) is 32.9. The van der Waals surface area contributed by atoms with E-state index in [1.54, 1.807) is 55.0 Å². The molecule has 0 amide bonds. The van der Waals surface area contributed by atoms with E-state index in [-0.39, 0.29) is 112 Å². The molecule has 3 aliphatic rings. The van der Waals surface area contributed by atoms with Gasteiger partial charge >= 0.3 is 24.8 Å². The predicted molar refractivity (Wildman–Crippen MR) is 379 cm³/mol. The predicted octanol–water partition coefficient (Wildman–Crippen LogP) is 6.56. The SMILES string of the molecule is CC(=O)OCc1cc2cc3n(c2cc1S(C)(=O)=O)CCN(c1ncc(C(C)=O)c(C)n1)[C@@H]3C(C)C.CC(=O)c1cnc(N2CCn3c(cc4cc(CO)c(S(C)(=O)=O)cc43)[C@@H]2C(C)C)nc1C.CC(=O)c1cnc(N2CCn3c(cc4cc(CO)c(S(C)(=O)=O)cc43)[C@H]2C(C)C)nc1C.[Li+].[OH-]. The van der Waals surface area contributed by atoms with Gasteiger partial charge in [-0.3, -0.25) is 19.2 Å². The fraction of sp³-hybridized carbons (Fsp3) is 0.437. The quantitative estimate of drug-likeness (QED) is 0.0587. The van der Waals surface area contributed by atoms with Crippen LogP contribution in [0.1, 0.15) is 169 Å². The Labute approximate surface area is 600 Å². The third-order valence-electron chi connectivity index (χ3n) is 18.6. The maximum Gasteiger partial charge on any atom is 1.00 e. The van der Waals surface area contributed by atoms with Crippen LogP contribution in [0.3, 0.4) is 0 Å². The number of aliphatic hydroxyl groups excluding tert-OH is 2. The summed E-state index contributed by atoms with van der Waals surface area (Å²) in [5, 5.41) is 22.2. The smallest absolute Gasteiger partial charge is 0.870 e. The fourth-order valence-corrected chi connectivity index (χ4v) is 17.0. The molecule has 6 aromatic heterocycles. The van der Waals surface area contributed by atoms with Gasteiger partial charge in [-0.05, 0) is 125 Å². The van der Waals surface area contributed by atoms with Crippen LogP contribution < -0.4 is 33.6 Å². The maximum atomic E-state index is 12.6. The Bertz CT molecular complexity index is 4900. The van der Waals surface area contributed by atoms with Gasteiger partial charge in [0.2, 0.25) is 17.8 Å². The third-order valence-corrected chi connectivity index (χ3v) is 22.2. The molecule has 101 heavy (non-hydrogen) atoms. The van der Waals surface area contributed by atoms with Crippen molar-refractivity contribution in [2.45, 2.75) is 162 Å². The van der Waals surface area contributed by atoms with Crippen molar-refractivity contribution in [1.82, 2.24) is 43.6 Å². The van der Waals surface area contributed by atoms with Crippen molar-refractivity contribution >= 4 is 103 Å². The number of esters is 1. The molecule has 0 spiro atoms. The van der Waals surface area contributed by atoms with Crippen molar-refractivity contribution < 1.29 is 83.7 Å². The molecular formula is C71H87LiN12O14S3. The van der Waals surface area contributed by atoms with Gasteiger partial charge < -0.3 is 48.8 Å². The van der Waals surface area contributed by atoms with Crippen LogP contribution in [0.4, 0.5) is 17.8 Å². The minimum absolute atomic E-state index is 0. The van der Waals surface area contributed by atoms with Crippen LogP contribution in [-0.4, -0.2) is 146 Å². The van der Waals surface area contributed by atoms with E-state index in [2.05, 4.69) is 118 Å². The van der Waals surface area contributed by atoms with Gasteiger partial charge in [0.05, 0.1) is 79.8 Å². The minimum Gasteiger partial charge on any atom is -0.870 e. The third kappa shape index (κ3) is 15.7. The molecule has 3 N–H and O–H groups in total. The van der Waals surface area contributed by atoms with Gasteiger partial charge in [0.25, 0.3) is 0 Å². The summed E-state index contributed by atoms with van der Waals surface area (Å²) in [6, 6.07) is 16.4. The number of anilines is 3. The average molecular weight is 1440 g/mol. The van der Waals surface area contributed by atoms with Crippen molar-refractivity contribution in [1.29, 1.82) is 0 Å². The van der Waals surface area contributed by atoms with Crippen molar-refractivity contribution in [2.75, 3.05) is 53.1 Å². The first kappa shape index (κ1) is 78.4. The van der Waals surface area contributed by atoms with Gasteiger partial charge in [-0.1, -0.05) is 41.5 Å². The molecule has 9 aromatic rings. The van der Waals surface area contributed by atoms with Crippen molar-refractivity contribution in [3.63, 3.8) is 0 Å². The van der Waals surface area contributed by atoms with E-state index in [0.717, 1.165) is 68.6 Å². The summed E-state index contributed by atoms with van der Waals surface area (Å²) >= 11 is 0. The summed E-state index contributed by atoms with van der Waals surface area (Å²) in [5.41, 5.74) is 10.4. The number of aryl methyl sites for hydroxylation is 3. The molecule has 0 bridgehead atoms. The zero-order valence-corrected chi connectivity index (χ0v) is 62.6. The number of ketones is 3. The summed E-state index contributed by atoms with van der Waals surface area (Å²) < 4.78 is 85.9. The second-order valence-electron chi connectivity index (χ2n) is 27.0. The first-order valence-electron chi connectivity index (χ1n) is 32.7. The summed E-state index contributed by atoms with van der Waals surface area (Å²) in [6.45, 7) is 27.0. The van der Waals surface area contributed by atoms with E-state index < -0.39 is 35.5 Å². The first-order valence-corrected chi connectivity index (χ1v) is 38.4. The van der Waals surface area contributed by atoms with Crippen LogP contribution >= 0.6 is 0 Å². The Hall–Kier alpha value is -8.27. The van der Waals surface area contributed by atoms with Gasteiger partial charge in [-0.25, -0.2) is 55.2 Å². The molecule has 30 heteroatoms. The molecule has 3 aromatic carbocycles. The van der Waals surface area contributed by atoms with Crippen LogP contribution in [-0.2, 0) is 78.5 Å². The van der Waals surface area contributed by atoms with Crippen molar-refractivity contribution in [2.24, 2.45) is 17.8 Å². The van der Waals surface area contributed by atoms with E-state index in [1.807, 2.05) is 20.8 Å². The van der Waals surface area contributed by atoms with Gasteiger partial charge in [0.1, 0.15) is 6.61 Å². The van der Waals surface area contributed by atoms with E-state index in [1.165, 1.54) is 27.7 Å². The molecular weight excluding hydrogens is 1350 g/mol. The van der Waals surface area contributed by atoms with E-state index in [9.17, 15) is 54.6 Å². The van der Waals surface area contributed by atoms with Gasteiger partial charge in [0.15, 0.2) is 46.9 Å². The number of fused-ring (bicyclic) bond motifs is 9. The topological polar surface area (TPSA) is 352 Å².